The highest BCUT2D eigenvalue weighted by atomic mass is 19.1. The van der Waals surface area contributed by atoms with E-state index in [1.807, 2.05) is 24.3 Å². The number of ether oxygens (including phenoxy) is 3. The first-order chi connectivity index (χ1) is 16.5. The van der Waals surface area contributed by atoms with Gasteiger partial charge in [-0.15, -0.1) is 0 Å². The van der Waals surface area contributed by atoms with E-state index in [1.54, 1.807) is 25.4 Å². The number of fused-ring (bicyclic) bond motifs is 1. The predicted molar refractivity (Wildman–Crippen MR) is 123 cm³/mol. The molecule has 0 unspecified atom stereocenters. The fourth-order valence-corrected chi connectivity index (χ4v) is 3.44. The van der Waals surface area contributed by atoms with Crippen LogP contribution in [0.4, 0.5) is 13.6 Å². The number of pyridine rings is 1. The number of aromatic amines is 1. The Balaban J connectivity index is 1.31. The summed E-state index contributed by atoms with van der Waals surface area (Å²) < 4.78 is 43.0. The fraction of sp³-hybridized carbons (Fsp3) is 0.200. The van der Waals surface area contributed by atoms with Crippen molar-refractivity contribution in [2.24, 2.45) is 0 Å². The van der Waals surface area contributed by atoms with E-state index in [2.05, 4.69) is 15.3 Å². The summed E-state index contributed by atoms with van der Waals surface area (Å²) >= 11 is 0. The van der Waals surface area contributed by atoms with Crippen LogP contribution in [0.25, 0.3) is 22.0 Å². The molecular weight excluding hydrogens is 444 g/mol. The van der Waals surface area contributed by atoms with Crippen molar-refractivity contribution < 1.29 is 27.8 Å². The lowest BCUT2D eigenvalue weighted by atomic mass is 10.1. The number of nitrogens with one attached hydrogen (secondary N) is 2. The number of nitrogens with zero attached hydrogens (tertiary/aromatic N) is 1. The van der Waals surface area contributed by atoms with Crippen molar-refractivity contribution in [1.82, 2.24) is 15.3 Å². The second-order valence-electron chi connectivity index (χ2n) is 7.37. The molecule has 0 saturated heterocycles. The summed E-state index contributed by atoms with van der Waals surface area (Å²) in [5.41, 5.74) is 2.44. The highest BCUT2D eigenvalue weighted by Gasteiger charge is 2.11. The van der Waals surface area contributed by atoms with Crippen molar-refractivity contribution in [2.75, 3.05) is 19.8 Å². The number of aromatic nitrogens is 2. The molecule has 0 amide bonds. The maximum absolute atomic E-state index is 14.1. The van der Waals surface area contributed by atoms with E-state index in [4.69, 9.17) is 14.2 Å². The monoisotopic (exact) mass is 467 g/mol. The van der Waals surface area contributed by atoms with Gasteiger partial charge in [0.2, 0.25) is 5.88 Å². The van der Waals surface area contributed by atoms with E-state index in [9.17, 15) is 13.6 Å². The molecule has 0 radical (unpaired) electrons. The molecule has 2 heterocycles. The van der Waals surface area contributed by atoms with E-state index in [1.165, 1.54) is 12.1 Å². The van der Waals surface area contributed by atoms with Gasteiger partial charge in [-0.1, -0.05) is 12.1 Å². The van der Waals surface area contributed by atoms with Gasteiger partial charge in [0.1, 0.15) is 24.0 Å². The topological polar surface area (TPSA) is 85.5 Å². The SMILES string of the molecule is CCOC(=O)Oc1cc2cccc(OCCNCc3cncc(-c4ccc(F)cc4F)c3)c2[nH]1. The molecule has 0 fully saturated rings. The Bertz CT molecular complexity index is 1290. The van der Waals surface area contributed by atoms with E-state index >= 15 is 0 Å². The summed E-state index contributed by atoms with van der Waals surface area (Å²) in [6.07, 6.45) is 2.45. The first kappa shape index (κ1) is 23.2. The van der Waals surface area contributed by atoms with Gasteiger partial charge in [-0.05, 0) is 36.8 Å². The molecule has 4 rings (SSSR count). The number of carbonyl (C=O) groups excluding carboxylic acids is 1. The van der Waals surface area contributed by atoms with Crippen LogP contribution in [0.3, 0.4) is 0 Å². The van der Waals surface area contributed by atoms with Crippen molar-refractivity contribution in [3.63, 3.8) is 0 Å². The Hall–Kier alpha value is -3.98. The van der Waals surface area contributed by atoms with E-state index < -0.39 is 17.8 Å². The van der Waals surface area contributed by atoms with Gasteiger partial charge in [0, 0.05) is 54.1 Å². The fourth-order valence-electron chi connectivity index (χ4n) is 3.44. The number of halogens is 2. The molecular formula is C25H23F2N3O4. The average Bonchev–Trinajstić information content (AvgIpc) is 3.22. The number of benzene rings is 2. The third-order valence-corrected chi connectivity index (χ3v) is 4.95. The van der Waals surface area contributed by atoms with Gasteiger partial charge in [-0.2, -0.15) is 0 Å². The zero-order valence-corrected chi connectivity index (χ0v) is 18.4. The van der Waals surface area contributed by atoms with E-state index in [-0.39, 0.29) is 12.5 Å². The largest absolute Gasteiger partial charge is 0.515 e. The second kappa shape index (κ2) is 10.8. The van der Waals surface area contributed by atoms with Gasteiger partial charge >= 0.3 is 6.16 Å². The normalized spacial score (nSPS) is 10.9. The molecule has 0 aliphatic rings. The number of hydrogen-bond acceptors (Lipinski definition) is 6. The summed E-state index contributed by atoms with van der Waals surface area (Å²) in [5.74, 6) is -0.361. The van der Waals surface area contributed by atoms with Crippen LogP contribution in [-0.4, -0.2) is 35.9 Å². The van der Waals surface area contributed by atoms with Crippen molar-refractivity contribution in [3.05, 3.63) is 78.1 Å². The molecule has 2 N–H and O–H groups in total. The highest BCUT2D eigenvalue weighted by Crippen LogP contribution is 2.29. The van der Waals surface area contributed by atoms with Crippen LogP contribution in [0.5, 0.6) is 11.6 Å². The zero-order chi connectivity index (χ0) is 23.9. The molecule has 0 spiro atoms. The number of carbonyl (C=O) groups is 1. The molecule has 0 atom stereocenters. The second-order valence-corrected chi connectivity index (χ2v) is 7.37. The number of hydrogen-bond donors (Lipinski definition) is 2. The van der Waals surface area contributed by atoms with Gasteiger partial charge in [-0.3, -0.25) is 4.98 Å². The molecule has 34 heavy (non-hydrogen) atoms. The smallest absolute Gasteiger partial charge is 0.490 e. The van der Waals surface area contributed by atoms with Crippen molar-refractivity contribution in [3.8, 4) is 22.8 Å². The van der Waals surface area contributed by atoms with Gasteiger partial charge in [-0.25, -0.2) is 13.6 Å². The standard InChI is InChI=1S/C25H23F2N3O4/c1-2-32-25(31)34-23-11-17-4-3-5-22(24(17)30-23)33-9-8-28-13-16-10-18(15-29-14-16)20-7-6-19(26)12-21(20)27/h3-7,10-12,14-15,28,30H,2,8-9,13H2,1H3. The van der Waals surface area contributed by atoms with Gasteiger partial charge in [0.05, 0.1) is 12.1 Å². The van der Waals surface area contributed by atoms with Crippen LogP contribution in [-0.2, 0) is 11.3 Å². The van der Waals surface area contributed by atoms with Crippen LogP contribution >= 0.6 is 0 Å². The summed E-state index contributed by atoms with van der Waals surface area (Å²) in [6, 6.07) is 12.5. The Labute approximate surface area is 194 Å². The van der Waals surface area contributed by atoms with Gasteiger partial charge in [0.25, 0.3) is 0 Å². The molecule has 0 saturated carbocycles. The number of rotatable bonds is 9. The lowest BCUT2D eigenvalue weighted by Crippen LogP contribution is -2.20. The van der Waals surface area contributed by atoms with Crippen LogP contribution < -0.4 is 14.8 Å². The quantitative estimate of drug-likeness (QED) is 0.260. The van der Waals surface area contributed by atoms with E-state index in [0.29, 0.717) is 42.1 Å². The van der Waals surface area contributed by atoms with E-state index in [0.717, 1.165) is 17.0 Å². The lowest BCUT2D eigenvalue weighted by Gasteiger charge is -2.10. The first-order valence-corrected chi connectivity index (χ1v) is 10.7. The maximum Gasteiger partial charge on any atom is 0.515 e. The van der Waals surface area contributed by atoms with Gasteiger partial charge < -0.3 is 24.5 Å². The van der Waals surface area contributed by atoms with Crippen LogP contribution in [0.1, 0.15) is 12.5 Å². The van der Waals surface area contributed by atoms with Crippen LogP contribution in [0.15, 0.2) is 60.9 Å². The lowest BCUT2D eigenvalue weighted by molar-refractivity contribution is 0.103. The summed E-state index contributed by atoms with van der Waals surface area (Å²) in [7, 11) is 0. The average molecular weight is 467 g/mol. The summed E-state index contributed by atoms with van der Waals surface area (Å²) in [5, 5.41) is 4.09. The third kappa shape index (κ3) is 5.68. The minimum absolute atomic E-state index is 0.226. The van der Waals surface area contributed by atoms with Gasteiger partial charge in [0.15, 0.2) is 0 Å². The Morgan fingerprint density at radius 3 is 2.82 bits per heavy atom. The Morgan fingerprint density at radius 1 is 1.12 bits per heavy atom. The number of para-hydroxylation sites is 1. The molecule has 0 bridgehead atoms. The Kier molecular flexibility index (Phi) is 7.34. The first-order valence-electron chi connectivity index (χ1n) is 10.7. The maximum atomic E-state index is 14.1. The molecule has 9 heteroatoms. The minimum atomic E-state index is -0.776. The molecule has 7 nitrogen and oxygen atoms in total. The highest BCUT2D eigenvalue weighted by molar-refractivity contribution is 5.87. The molecule has 0 aliphatic carbocycles. The molecule has 4 aromatic rings. The van der Waals surface area contributed by atoms with Crippen molar-refractivity contribution in [2.45, 2.75) is 13.5 Å². The van der Waals surface area contributed by atoms with Crippen molar-refractivity contribution in [1.29, 1.82) is 0 Å². The minimum Gasteiger partial charge on any atom is -0.490 e. The summed E-state index contributed by atoms with van der Waals surface area (Å²) in [6.45, 7) is 3.34. The predicted octanol–water partition coefficient (Wildman–Crippen LogP) is 5.21. The molecule has 176 valence electrons. The number of H-pyrrole nitrogens is 1. The molecule has 2 aromatic heterocycles. The van der Waals surface area contributed by atoms with Crippen LogP contribution in [0, 0.1) is 11.6 Å². The zero-order valence-electron chi connectivity index (χ0n) is 18.4. The Morgan fingerprint density at radius 2 is 2.00 bits per heavy atom. The molecule has 0 aliphatic heterocycles. The van der Waals surface area contributed by atoms with Crippen molar-refractivity contribution >= 4 is 17.1 Å². The van der Waals surface area contributed by atoms with Crippen LogP contribution in [0.2, 0.25) is 0 Å². The molecule has 2 aromatic carbocycles. The third-order valence-electron chi connectivity index (χ3n) is 4.95. The summed E-state index contributed by atoms with van der Waals surface area (Å²) in [4.78, 5) is 18.7.